The smallest absolute Gasteiger partial charge is 0.223 e. The van der Waals surface area contributed by atoms with Crippen molar-refractivity contribution < 1.29 is 9.59 Å². The molecule has 1 atom stereocenters. The number of carbonyl (C=O) groups excluding carboxylic acids is 2. The van der Waals surface area contributed by atoms with Crippen molar-refractivity contribution in [2.24, 2.45) is 0 Å². The second-order valence-electron chi connectivity index (χ2n) is 4.85. The Morgan fingerprint density at radius 2 is 2.00 bits per heavy atom. The molecule has 1 saturated heterocycles. The summed E-state index contributed by atoms with van der Waals surface area (Å²) in [6.45, 7) is 2.76. The van der Waals surface area contributed by atoms with Gasteiger partial charge < -0.3 is 4.90 Å². The molecule has 1 aromatic rings. The molecule has 1 amide bonds. The molecule has 3 rings (SSSR count). The van der Waals surface area contributed by atoms with Gasteiger partial charge >= 0.3 is 0 Å². The average molecular weight is 229 g/mol. The number of rotatable bonds is 0. The Bertz CT molecular complexity index is 507. The number of fused-ring (bicyclic) bond motifs is 3. The fourth-order valence-electron chi connectivity index (χ4n) is 2.98. The first-order valence-corrected chi connectivity index (χ1v) is 6.09. The van der Waals surface area contributed by atoms with Gasteiger partial charge in [0, 0.05) is 19.4 Å². The van der Waals surface area contributed by atoms with Crippen LogP contribution in [0.25, 0.3) is 0 Å². The molecule has 1 unspecified atom stereocenters. The fraction of sp³-hybridized carbons (Fsp3) is 0.429. The first kappa shape index (κ1) is 10.5. The number of ketones is 1. The molecule has 0 bridgehead atoms. The van der Waals surface area contributed by atoms with Gasteiger partial charge in [0.25, 0.3) is 0 Å². The SMILES string of the molecule is Cc1cccc2c1CCN1C(=O)CCC(=O)C21. The van der Waals surface area contributed by atoms with Gasteiger partial charge in [-0.1, -0.05) is 18.2 Å². The van der Waals surface area contributed by atoms with E-state index in [1.807, 2.05) is 12.1 Å². The summed E-state index contributed by atoms with van der Waals surface area (Å²) >= 11 is 0. The Labute approximate surface area is 100 Å². The van der Waals surface area contributed by atoms with E-state index in [9.17, 15) is 9.59 Å². The molecule has 0 aromatic heterocycles. The maximum Gasteiger partial charge on any atom is 0.223 e. The molecule has 2 aliphatic rings. The zero-order chi connectivity index (χ0) is 12.0. The van der Waals surface area contributed by atoms with E-state index < -0.39 is 0 Å². The Balaban J connectivity index is 2.12. The van der Waals surface area contributed by atoms with Gasteiger partial charge in [-0.2, -0.15) is 0 Å². The highest BCUT2D eigenvalue weighted by molar-refractivity contribution is 5.96. The molecule has 2 aliphatic heterocycles. The van der Waals surface area contributed by atoms with Crippen molar-refractivity contribution in [1.82, 2.24) is 4.90 Å². The van der Waals surface area contributed by atoms with Crippen LogP contribution in [0.15, 0.2) is 18.2 Å². The summed E-state index contributed by atoms with van der Waals surface area (Å²) in [5.41, 5.74) is 3.54. The van der Waals surface area contributed by atoms with E-state index in [1.54, 1.807) is 4.90 Å². The number of piperidine rings is 1. The van der Waals surface area contributed by atoms with Crippen molar-refractivity contribution >= 4 is 11.7 Å². The van der Waals surface area contributed by atoms with Gasteiger partial charge in [-0.3, -0.25) is 9.59 Å². The monoisotopic (exact) mass is 229 g/mol. The second-order valence-corrected chi connectivity index (χ2v) is 4.85. The van der Waals surface area contributed by atoms with E-state index in [1.165, 1.54) is 11.1 Å². The van der Waals surface area contributed by atoms with Gasteiger partial charge in [-0.15, -0.1) is 0 Å². The molecule has 2 heterocycles. The van der Waals surface area contributed by atoms with Crippen LogP contribution < -0.4 is 0 Å². The lowest BCUT2D eigenvalue weighted by molar-refractivity contribution is -0.145. The van der Waals surface area contributed by atoms with E-state index in [-0.39, 0.29) is 17.7 Å². The van der Waals surface area contributed by atoms with Crippen molar-refractivity contribution in [1.29, 1.82) is 0 Å². The van der Waals surface area contributed by atoms with E-state index in [2.05, 4.69) is 13.0 Å². The summed E-state index contributed by atoms with van der Waals surface area (Å²) in [5, 5.41) is 0. The number of carbonyl (C=O) groups is 2. The number of nitrogens with zero attached hydrogens (tertiary/aromatic N) is 1. The van der Waals surface area contributed by atoms with Crippen LogP contribution in [-0.4, -0.2) is 23.1 Å². The molecule has 0 spiro atoms. The van der Waals surface area contributed by atoms with Crippen LogP contribution in [0, 0.1) is 6.92 Å². The molecular formula is C14H15NO2. The molecule has 0 saturated carbocycles. The minimum Gasteiger partial charge on any atom is -0.328 e. The zero-order valence-corrected chi connectivity index (χ0v) is 9.90. The van der Waals surface area contributed by atoms with E-state index >= 15 is 0 Å². The van der Waals surface area contributed by atoms with Crippen LogP contribution in [0.2, 0.25) is 0 Å². The number of aryl methyl sites for hydroxylation is 1. The van der Waals surface area contributed by atoms with E-state index in [0.29, 0.717) is 19.4 Å². The van der Waals surface area contributed by atoms with Crippen LogP contribution in [0.1, 0.15) is 35.6 Å². The summed E-state index contributed by atoms with van der Waals surface area (Å²) in [6.07, 6.45) is 1.65. The highest BCUT2D eigenvalue weighted by atomic mass is 16.2. The molecular weight excluding hydrogens is 214 g/mol. The summed E-state index contributed by atoms with van der Waals surface area (Å²) in [5.74, 6) is 0.318. The maximum absolute atomic E-state index is 12.1. The van der Waals surface area contributed by atoms with Crippen molar-refractivity contribution in [3.05, 3.63) is 34.9 Å². The molecule has 1 fully saturated rings. The number of amides is 1. The lowest BCUT2D eigenvalue weighted by Gasteiger charge is -2.39. The third-order valence-electron chi connectivity index (χ3n) is 3.87. The average Bonchev–Trinajstić information content (AvgIpc) is 2.33. The molecule has 3 nitrogen and oxygen atoms in total. The third kappa shape index (κ3) is 1.49. The molecule has 0 radical (unpaired) electrons. The van der Waals surface area contributed by atoms with Crippen molar-refractivity contribution in [2.45, 2.75) is 32.2 Å². The maximum atomic E-state index is 12.1. The normalized spacial score (nSPS) is 23.4. The van der Waals surface area contributed by atoms with Crippen LogP contribution in [0.3, 0.4) is 0 Å². The quantitative estimate of drug-likeness (QED) is 0.680. The molecule has 0 N–H and O–H groups in total. The summed E-state index contributed by atoms with van der Waals surface area (Å²) in [7, 11) is 0. The summed E-state index contributed by atoms with van der Waals surface area (Å²) < 4.78 is 0. The Hall–Kier alpha value is -1.64. The van der Waals surface area contributed by atoms with Crippen molar-refractivity contribution in [2.75, 3.05) is 6.54 Å². The van der Waals surface area contributed by atoms with E-state index in [4.69, 9.17) is 0 Å². The fourth-order valence-corrected chi connectivity index (χ4v) is 2.98. The predicted molar refractivity (Wildman–Crippen MR) is 63.6 cm³/mol. The zero-order valence-electron chi connectivity index (χ0n) is 9.90. The lowest BCUT2D eigenvalue weighted by Crippen LogP contribution is -2.47. The third-order valence-corrected chi connectivity index (χ3v) is 3.87. The highest BCUT2D eigenvalue weighted by Gasteiger charge is 2.39. The van der Waals surface area contributed by atoms with Gasteiger partial charge in [0.15, 0.2) is 5.78 Å². The van der Waals surface area contributed by atoms with Gasteiger partial charge in [-0.05, 0) is 30.0 Å². The van der Waals surface area contributed by atoms with E-state index in [0.717, 1.165) is 12.0 Å². The van der Waals surface area contributed by atoms with Gasteiger partial charge in [-0.25, -0.2) is 0 Å². The number of benzene rings is 1. The molecule has 3 heteroatoms. The van der Waals surface area contributed by atoms with Crippen molar-refractivity contribution in [3.8, 4) is 0 Å². The first-order chi connectivity index (χ1) is 8.18. The van der Waals surface area contributed by atoms with Gasteiger partial charge in [0.05, 0.1) is 0 Å². The van der Waals surface area contributed by atoms with Crippen LogP contribution in [0.5, 0.6) is 0 Å². The topological polar surface area (TPSA) is 37.4 Å². The Morgan fingerprint density at radius 1 is 1.18 bits per heavy atom. The van der Waals surface area contributed by atoms with Crippen molar-refractivity contribution in [3.63, 3.8) is 0 Å². The minimum absolute atomic E-state index is 0.127. The lowest BCUT2D eigenvalue weighted by atomic mass is 9.84. The number of hydrogen-bond donors (Lipinski definition) is 0. The second kappa shape index (κ2) is 3.69. The summed E-state index contributed by atoms with van der Waals surface area (Å²) in [6, 6.07) is 5.74. The molecule has 0 aliphatic carbocycles. The van der Waals surface area contributed by atoms with Crippen LogP contribution in [0.4, 0.5) is 0 Å². The minimum atomic E-state index is -0.306. The Morgan fingerprint density at radius 3 is 2.82 bits per heavy atom. The van der Waals surface area contributed by atoms with Crippen LogP contribution >= 0.6 is 0 Å². The first-order valence-electron chi connectivity index (χ1n) is 6.09. The molecule has 1 aromatic carbocycles. The van der Waals surface area contributed by atoms with Crippen LogP contribution in [-0.2, 0) is 16.0 Å². The summed E-state index contributed by atoms with van der Waals surface area (Å²) in [4.78, 5) is 25.7. The Kier molecular flexibility index (Phi) is 2.28. The largest absolute Gasteiger partial charge is 0.328 e. The standard InChI is InChI=1S/C14H15NO2/c1-9-3-2-4-11-10(9)7-8-15-13(17)6-5-12(16)14(11)15/h2-4,14H,5-8H2,1H3. The predicted octanol–water partition coefficient (Wildman–Crippen LogP) is 1.78. The molecule has 17 heavy (non-hydrogen) atoms. The number of hydrogen-bond acceptors (Lipinski definition) is 2. The molecule has 88 valence electrons. The van der Waals surface area contributed by atoms with Gasteiger partial charge in [0.1, 0.15) is 6.04 Å². The highest BCUT2D eigenvalue weighted by Crippen LogP contribution is 2.36. The number of Topliss-reactive ketones (excluding diaryl/α,β-unsaturated/α-hetero) is 1. The van der Waals surface area contributed by atoms with Gasteiger partial charge in [0.2, 0.25) is 5.91 Å².